The van der Waals surface area contributed by atoms with Gasteiger partial charge in [-0.1, -0.05) is 6.07 Å². The van der Waals surface area contributed by atoms with E-state index in [0.717, 1.165) is 38.3 Å². The second-order valence-corrected chi connectivity index (χ2v) is 6.68. The van der Waals surface area contributed by atoms with Crippen molar-refractivity contribution in [3.63, 3.8) is 0 Å². The molecule has 0 spiro atoms. The molecule has 1 amide bonds. The van der Waals surface area contributed by atoms with Crippen LogP contribution in [0, 0.1) is 5.92 Å². The van der Waals surface area contributed by atoms with Crippen molar-refractivity contribution in [2.75, 3.05) is 19.6 Å². The molecule has 2 atom stereocenters. The van der Waals surface area contributed by atoms with Crippen LogP contribution in [0.2, 0.25) is 0 Å². The zero-order valence-corrected chi connectivity index (χ0v) is 13.6. The van der Waals surface area contributed by atoms with Crippen molar-refractivity contribution in [2.24, 2.45) is 5.92 Å². The molecule has 124 valence electrons. The topological polar surface area (TPSA) is 62.2 Å². The van der Waals surface area contributed by atoms with Gasteiger partial charge in [-0.3, -0.25) is 14.7 Å². The van der Waals surface area contributed by atoms with Gasteiger partial charge in [-0.05, 0) is 43.0 Å². The van der Waals surface area contributed by atoms with Crippen LogP contribution >= 0.6 is 0 Å². The predicted molar refractivity (Wildman–Crippen MR) is 89.1 cm³/mol. The third-order valence-electron chi connectivity index (χ3n) is 4.95. The fraction of sp³-hybridized carbons (Fsp3) is 0.444. The van der Waals surface area contributed by atoms with E-state index in [2.05, 4.69) is 26.1 Å². The maximum atomic E-state index is 12.8. The SMILES string of the molecule is O=C(c1cccnn1)N1C[C@H]2CC[C@@H]1CN(Cc1ccccn1)C2. The van der Waals surface area contributed by atoms with E-state index in [-0.39, 0.29) is 11.9 Å². The minimum absolute atomic E-state index is 0.0116. The fourth-order valence-corrected chi connectivity index (χ4v) is 3.84. The Bertz CT molecular complexity index is 693. The normalized spacial score (nSPS) is 23.9. The van der Waals surface area contributed by atoms with Gasteiger partial charge in [0.1, 0.15) is 0 Å². The van der Waals surface area contributed by atoms with Crippen LogP contribution in [0.3, 0.4) is 0 Å². The number of aromatic nitrogens is 3. The molecule has 0 radical (unpaired) electrons. The molecule has 0 unspecified atom stereocenters. The number of carbonyl (C=O) groups excluding carboxylic acids is 1. The molecule has 3 fully saturated rings. The Balaban J connectivity index is 1.50. The fourth-order valence-electron chi connectivity index (χ4n) is 3.84. The number of hydrogen-bond acceptors (Lipinski definition) is 5. The van der Waals surface area contributed by atoms with Crippen molar-refractivity contribution in [3.8, 4) is 0 Å². The molecule has 0 N–H and O–H groups in total. The quantitative estimate of drug-likeness (QED) is 0.859. The van der Waals surface area contributed by atoms with Gasteiger partial charge >= 0.3 is 0 Å². The number of amides is 1. The van der Waals surface area contributed by atoms with Crippen molar-refractivity contribution in [1.82, 2.24) is 25.0 Å². The van der Waals surface area contributed by atoms with Crippen LogP contribution < -0.4 is 0 Å². The lowest BCUT2D eigenvalue weighted by molar-refractivity contribution is 0.0577. The standard InChI is InChI=1S/C18H21N5O/c24-18(17-5-3-9-20-21-17)23-11-14-6-7-16(23)13-22(10-14)12-15-4-1-2-8-19-15/h1-5,8-9,14,16H,6-7,10-13H2/t14-,16+/m0/s1. The molecule has 2 bridgehead atoms. The highest BCUT2D eigenvalue weighted by atomic mass is 16.2. The average molecular weight is 323 g/mol. The summed E-state index contributed by atoms with van der Waals surface area (Å²) in [4.78, 5) is 21.7. The first kappa shape index (κ1) is 15.2. The van der Waals surface area contributed by atoms with E-state index in [1.807, 2.05) is 23.2 Å². The second-order valence-electron chi connectivity index (χ2n) is 6.68. The zero-order chi connectivity index (χ0) is 16.4. The van der Waals surface area contributed by atoms with Crippen LogP contribution in [0.5, 0.6) is 0 Å². The van der Waals surface area contributed by atoms with Crippen LogP contribution in [0.1, 0.15) is 29.0 Å². The van der Waals surface area contributed by atoms with Gasteiger partial charge in [-0.15, -0.1) is 5.10 Å². The summed E-state index contributed by atoms with van der Waals surface area (Å²) >= 11 is 0. The highest BCUT2D eigenvalue weighted by molar-refractivity contribution is 5.92. The van der Waals surface area contributed by atoms with Crippen molar-refractivity contribution < 1.29 is 4.79 Å². The number of fused-ring (bicyclic) bond motifs is 4. The number of piperidine rings is 1. The van der Waals surface area contributed by atoms with Crippen molar-refractivity contribution in [1.29, 1.82) is 0 Å². The molecule has 3 aliphatic heterocycles. The molecule has 6 heteroatoms. The molecule has 0 aliphatic carbocycles. The first-order chi connectivity index (χ1) is 11.8. The van der Waals surface area contributed by atoms with E-state index in [4.69, 9.17) is 0 Å². The van der Waals surface area contributed by atoms with Crippen LogP contribution in [0.25, 0.3) is 0 Å². The molecule has 5 heterocycles. The number of pyridine rings is 1. The summed E-state index contributed by atoms with van der Waals surface area (Å²) in [7, 11) is 0. The molecule has 2 aromatic heterocycles. The minimum atomic E-state index is 0.0116. The van der Waals surface area contributed by atoms with E-state index in [0.29, 0.717) is 11.6 Å². The van der Waals surface area contributed by atoms with Crippen molar-refractivity contribution in [3.05, 3.63) is 54.1 Å². The predicted octanol–water partition coefficient (Wildman–Crippen LogP) is 1.61. The summed E-state index contributed by atoms with van der Waals surface area (Å²) in [5, 5.41) is 7.83. The van der Waals surface area contributed by atoms with Gasteiger partial charge in [0.15, 0.2) is 5.69 Å². The molecular formula is C18H21N5O. The Labute approximate surface area is 141 Å². The minimum Gasteiger partial charge on any atom is -0.333 e. The smallest absolute Gasteiger partial charge is 0.274 e. The van der Waals surface area contributed by atoms with E-state index in [9.17, 15) is 4.79 Å². The van der Waals surface area contributed by atoms with E-state index in [1.165, 1.54) is 6.42 Å². The third kappa shape index (κ3) is 3.14. The summed E-state index contributed by atoms with van der Waals surface area (Å²) in [5.41, 5.74) is 1.53. The molecule has 0 saturated carbocycles. The summed E-state index contributed by atoms with van der Waals surface area (Å²) in [6.07, 6.45) is 5.69. The first-order valence-corrected chi connectivity index (χ1v) is 8.50. The van der Waals surface area contributed by atoms with Crippen LogP contribution in [0.15, 0.2) is 42.7 Å². The zero-order valence-electron chi connectivity index (χ0n) is 13.6. The van der Waals surface area contributed by atoms with Crippen molar-refractivity contribution in [2.45, 2.75) is 25.4 Å². The molecular weight excluding hydrogens is 302 g/mol. The van der Waals surface area contributed by atoms with Gasteiger partial charge in [0.05, 0.1) is 5.69 Å². The molecule has 5 rings (SSSR count). The average Bonchev–Trinajstić information content (AvgIpc) is 2.93. The van der Waals surface area contributed by atoms with E-state index < -0.39 is 0 Å². The molecule has 24 heavy (non-hydrogen) atoms. The van der Waals surface area contributed by atoms with Crippen LogP contribution in [-0.4, -0.2) is 56.6 Å². The lowest BCUT2D eigenvalue weighted by Gasteiger charge is -2.35. The van der Waals surface area contributed by atoms with E-state index >= 15 is 0 Å². The summed E-state index contributed by atoms with van der Waals surface area (Å²) in [5.74, 6) is 0.533. The molecule has 3 aliphatic rings. The summed E-state index contributed by atoms with van der Waals surface area (Å²) in [6.45, 7) is 3.59. The Morgan fingerprint density at radius 1 is 1.08 bits per heavy atom. The van der Waals surface area contributed by atoms with Crippen LogP contribution in [-0.2, 0) is 6.54 Å². The number of rotatable bonds is 3. The number of hydrogen-bond donors (Lipinski definition) is 0. The van der Waals surface area contributed by atoms with Gasteiger partial charge in [0.25, 0.3) is 5.91 Å². The second kappa shape index (κ2) is 6.65. The maximum absolute atomic E-state index is 12.8. The molecule has 2 aromatic rings. The van der Waals surface area contributed by atoms with Gasteiger partial charge in [-0.2, -0.15) is 5.10 Å². The maximum Gasteiger partial charge on any atom is 0.274 e. The van der Waals surface area contributed by atoms with Gasteiger partial charge < -0.3 is 4.90 Å². The molecule has 3 saturated heterocycles. The van der Waals surface area contributed by atoms with Gasteiger partial charge in [0.2, 0.25) is 0 Å². The first-order valence-electron chi connectivity index (χ1n) is 8.50. The van der Waals surface area contributed by atoms with Gasteiger partial charge in [0, 0.05) is 44.6 Å². The lowest BCUT2D eigenvalue weighted by atomic mass is 9.94. The summed E-state index contributed by atoms with van der Waals surface area (Å²) in [6, 6.07) is 9.80. The monoisotopic (exact) mass is 323 g/mol. The Morgan fingerprint density at radius 3 is 2.83 bits per heavy atom. The summed E-state index contributed by atoms with van der Waals surface area (Å²) < 4.78 is 0. The lowest BCUT2D eigenvalue weighted by Crippen LogP contribution is -2.47. The van der Waals surface area contributed by atoms with Gasteiger partial charge in [-0.25, -0.2) is 0 Å². The Morgan fingerprint density at radius 2 is 2.04 bits per heavy atom. The Kier molecular flexibility index (Phi) is 4.21. The van der Waals surface area contributed by atoms with Crippen LogP contribution in [0.4, 0.5) is 0 Å². The third-order valence-corrected chi connectivity index (χ3v) is 4.95. The highest BCUT2D eigenvalue weighted by Crippen LogP contribution is 2.29. The molecule has 0 aromatic carbocycles. The van der Waals surface area contributed by atoms with Crippen molar-refractivity contribution >= 4 is 5.91 Å². The molecule has 6 nitrogen and oxygen atoms in total. The number of nitrogens with zero attached hydrogens (tertiary/aromatic N) is 5. The highest BCUT2D eigenvalue weighted by Gasteiger charge is 2.37. The van der Waals surface area contributed by atoms with E-state index in [1.54, 1.807) is 18.3 Å². The number of carbonyl (C=O) groups is 1. The Hall–Kier alpha value is -2.34. The largest absolute Gasteiger partial charge is 0.333 e.